The van der Waals surface area contributed by atoms with Crippen LogP contribution in [-0.2, 0) is 4.74 Å². The third-order valence-electron chi connectivity index (χ3n) is 3.44. The summed E-state index contributed by atoms with van der Waals surface area (Å²) in [7, 11) is 0. The second-order valence-corrected chi connectivity index (χ2v) is 5.59. The Bertz CT molecular complexity index is 851. The number of benzene rings is 2. The van der Waals surface area contributed by atoms with E-state index in [1.165, 1.54) is 31.2 Å². The molecule has 0 fully saturated rings. The number of nitro benzene ring substituents is 2. The van der Waals surface area contributed by atoms with Crippen LogP contribution in [-0.4, -0.2) is 28.2 Å². The monoisotopic (exact) mass is 378 g/mol. The van der Waals surface area contributed by atoms with Crippen molar-refractivity contribution in [2.75, 3.05) is 6.61 Å². The molecule has 0 aliphatic carbocycles. The van der Waals surface area contributed by atoms with Crippen LogP contribution in [0.4, 0.5) is 11.4 Å². The van der Waals surface area contributed by atoms with Crippen molar-refractivity contribution in [2.24, 2.45) is 0 Å². The van der Waals surface area contributed by atoms with E-state index in [4.69, 9.17) is 16.3 Å². The number of nitro groups is 2. The normalized spacial score (nSPS) is 10.2. The summed E-state index contributed by atoms with van der Waals surface area (Å²) in [5.74, 6) is -1.61. The first-order valence-electron chi connectivity index (χ1n) is 7.10. The SMILES string of the molecule is Cc1ccc(C(=O)COC(=O)c2ccc(Cl)c([N+](=O)[O-])c2)cc1[N+](=O)[O-]. The van der Waals surface area contributed by atoms with Gasteiger partial charge in [0.2, 0.25) is 5.78 Å². The molecule has 2 aromatic carbocycles. The lowest BCUT2D eigenvalue weighted by Crippen LogP contribution is -2.14. The van der Waals surface area contributed by atoms with Crippen LogP contribution in [0.2, 0.25) is 5.02 Å². The largest absolute Gasteiger partial charge is 0.454 e. The molecular weight excluding hydrogens is 368 g/mol. The van der Waals surface area contributed by atoms with Crippen molar-refractivity contribution in [1.29, 1.82) is 0 Å². The summed E-state index contributed by atoms with van der Waals surface area (Å²) in [6.07, 6.45) is 0. The molecule has 0 aliphatic heterocycles. The first-order chi connectivity index (χ1) is 12.2. The Labute approximate surface area is 151 Å². The van der Waals surface area contributed by atoms with E-state index in [9.17, 15) is 29.8 Å². The van der Waals surface area contributed by atoms with E-state index < -0.39 is 33.9 Å². The summed E-state index contributed by atoms with van der Waals surface area (Å²) in [4.78, 5) is 44.4. The third-order valence-corrected chi connectivity index (χ3v) is 3.76. The van der Waals surface area contributed by atoms with Gasteiger partial charge in [-0.2, -0.15) is 0 Å². The van der Waals surface area contributed by atoms with Crippen LogP contribution in [0.1, 0.15) is 26.3 Å². The van der Waals surface area contributed by atoms with Crippen molar-refractivity contribution < 1.29 is 24.2 Å². The fraction of sp³-hybridized carbons (Fsp3) is 0.125. The van der Waals surface area contributed by atoms with E-state index in [-0.39, 0.29) is 21.8 Å². The molecule has 2 rings (SSSR count). The minimum Gasteiger partial charge on any atom is -0.454 e. The standard InChI is InChI=1S/C16H11ClN2O7/c1-9-2-3-10(6-13(9)18(22)23)15(20)8-26-16(21)11-4-5-12(17)14(7-11)19(24)25/h2-7H,8H2,1H3. The van der Waals surface area contributed by atoms with Crippen LogP contribution < -0.4 is 0 Å². The highest BCUT2D eigenvalue weighted by Crippen LogP contribution is 2.25. The molecule has 0 radical (unpaired) electrons. The second kappa shape index (κ2) is 7.70. The van der Waals surface area contributed by atoms with Crippen molar-refractivity contribution >= 4 is 34.7 Å². The molecule has 0 saturated carbocycles. The average Bonchev–Trinajstić information content (AvgIpc) is 2.59. The number of ketones is 1. The van der Waals surface area contributed by atoms with E-state index in [0.29, 0.717) is 5.56 Å². The highest BCUT2D eigenvalue weighted by Gasteiger charge is 2.19. The number of carbonyl (C=O) groups excluding carboxylic acids is 2. The number of Topliss-reactive ketones (excluding diaryl/α,β-unsaturated/α-hetero) is 1. The zero-order valence-corrected chi connectivity index (χ0v) is 14.1. The molecule has 10 heteroatoms. The zero-order valence-electron chi connectivity index (χ0n) is 13.3. The van der Waals surface area contributed by atoms with Crippen LogP contribution in [0.15, 0.2) is 36.4 Å². The lowest BCUT2D eigenvalue weighted by Gasteiger charge is -2.06. The summed E-state index contributed by atoms with van der Waals surface area (Å²) in [6.45, 7) is 0.856. The minimum absolute atomic E-state index is 0.0113. The van der Waals surface area contributed by atoms with Crippen molar-refractivity contribution in [3.8, 4) is 0 Å². The molecule has 0 aromatic heterocycles. The molecular formula is C16H11ClN2O7. The summed E-state index contributed by atoms with van der Waals surface area (Å²) in [5.41, 5.74) is -0.449. The van der Waals surface area contributed by atoms with Gasteiger partial charge in [-0.1, -0.05) is 23.7 Å². The highest BCUT2D eigenvalue weighted by atomic mass is 35.5. The summed E-state index contributed by atoms with van der Waals surface area (Å²) >= 11 is 5.65. The molecule has 0 unspecified atom stereocenters. The van der Waals surface area contributed by atoms with Crippen molar-refractivity contribution in [2.45, 2.75) is 6.92 Å². The number of hydrogen-bond acceptors (Lipinski definition) is 7. The maximum Gasteiger partial charge on any atom is 0.338 e. The van der Waals surface area contributed by atoms with Gasteiger partial charge in [0.15, 0.2) is 6.61 Å². The number of ether oxygens (including phenoxy) is 1. The van der Waals surface area contributed by atoms with Gasteiger partial charge >= 0.3 is 5.97 Å². The van der Waals surface area contributed by atoms with E-state index in [1.54, 1.807) is 0 Å². The maximum absolute atomic E-state index is 12.1. The molecule has 0 atom stereocenters. The van der Waals surface area contributed by atoms with Crippen molar-refractivity contribution in [1.82, 2.24) is 0 Å². The predicted octanol–water partition coefficient (Wildman–Crippen LogP) is 3.50. The molecule has 0 aliphatic rings. The molecule has 0 saturated heterocycles. The molecule has 0 amide bonds. The maximum atomic E-state index is 12.1. The molecule has 9 nitrogen and oxygen atoms in total. The summed E-state index contributed by atoms with van der Waals surface area (Å²) in [6, 6.07) is 7.21. The Balaban J connectivity index is 2.11. The van der Waals surface area contributed by atoms with Crippen LogP contribution in [0.3, 0.4) is 0 Å². The van der Waals surface area contributed by atoms with Gasteiger partial charge in [0.1, 0.15) is 5.02 Å². The zero-order chi connectivity index (χ0) is 19.4. The minimum atomic E-state index is -0.959. The lowest BCUT2D eigenvalue weighted by atomic mass is 10.1. The fourth-order valence-electron chi connectivity index (χ4n) is 2.06. The van der Waals surface area contributed by atoms with E-state index in [0.717, 1.165) is 12.1 Å². The number of hydrogen-bond donors (Lipinski definition) is 0. The highest BCUT2D eigenvalue weighted by molar-refractivity contribution is 6.32. The summed E-state index contributed by atoms with van der Waals surface area (Å²) < 4.78 is 4.83. The van der Waals surface area contributed by atoms with Gasteiger partial charge in [0.05, 0.1) is 15.4 Å². The number of esters is 1. The average molecular weight is 379 g/mol. The number of aryl methyl sites for hydroxylation is 1. The second-order valence-electron chi connectivity index (χ2n) is 5.18. The van der Waals surface area contributed by atoms with Gasteiger partial charge in [-0.15, -0.1) is 0 Å². The summed E-state index contributed by atoms with van der Waals surface area (Å²) in [5, 5.41) is 21.6. The number of carbonyl (C=O) groups is 2. The molecule has 26 heavy (non-hydrogen) atoms. The quantitative estimate of drug-likeness (QED) is 0.325. The Morgan fingerprint density at radius 1 is 1.00 bits per heavy atom. The van der Waals surface area contributed by atoms with Crippen LogP contribution >= 0.6 is 11.6 Å². The molecule has 2 aromatic rings. The van der Waals surface area contributed by atoms with Gasteiger partial charge in [0.25, 0.3) is 11.4 Å². The molecule has 0 heterocycles. The van der Waals surface area contributed by atoms with Crippen molar-refractivity contribution in [3.05, 3.63) is 78.3 Å². The smallest absolute Gasteiger partial charge is 0.338 e. The Hall–Kier alpha value is -3.33. The van der Waals surface area contributed by atoms with Crippen molar-refractivity contribution in [3.63, 3.8) is 0 Å². The Kier molecular flexibility index (Phi) is 5.63. The molecule has 0 N–H and O–H groups in total. The van der Waals surface area contributed by atoms with Crippen LogP contribution in [0.5, 0.6) is 0 Å². The molecule has 134 valence electrons. The lowest BCUT2D eigenvalue weighted by molar-refractivity contribution is -0.385. The first-order valence-corrected chi connectivity index (χ1v) is 7.48. The third kappa shape index (κ3) is 4.19. The fourth-order valence-corrected chi connectivity index (χ4v) is 2.24. The van der Waals surface area contributed by atoms with Gasteiger partial charge in [-0.3, -0.25) is 25.0 Å². The number of rotatable bonds is 6. The van der Waals surface area contributed by atoms with Gasteiger partial charge < -0.3 is 4.74 Å². The predicted molar refractivity (Wildman–Crippen MR) is 90.6 cm³/mol. The topological polar surface area (TPSA) is 130 Å². The number of halogens is 1. The molecule has 0 bridgehead atoms. The van der Waals surface area contributed by atoms with E-state index in [1.807, 2.05) is 0 Å². The first kappa shape index (κ1) is 19.0. The molecule has 0 spiro atoms. The van der Waals surface area contributed by atoms with Gasteiger partial charge in [-0.25, -0.2) is 4.79 Å². The van der Waals surface area contributed by atoms with Crippen LogP contribution in [0, 0.1) is 27.2 Å². The Morgan fingerprint density at radius 2 is 1.58 bits per heavy atom. The Morgan fingerprint density at radius 3 is 2.19 bits per heavy atom. The van der Waals surface area contributed by atoms with Gasteiger partial charge in [0, 0.05) is 23.3 Å². The van der Waals surface area contributed by atoms with Gasteiger partial charge in [-0.05, 0) is 19.1 Å². The van der Waals surface area contributed by atoms with E-state index >= 15 is 0 Å². The van der Waals surface area contributed by atoms with E-state index in [2.05, 4.69) is 0 Å². The van der Waals surface area contributed by atoms with Crippen LogP contribution in [0.25, 0.3) is 0 Å². The number of nitrogens with zero attached hydrogens (tertiary/aromatic N) is 2.